The van der Waals surface area contributed by atoms with Gasteiger partial charge in [0.1, 0.15) is 23.9 Å². The van der Waals surface area contributed by atoms with Gasteiger partial charge in [0, 0.05) is 44.6 Å². The third kappa shape index (κ3) is 10.7. The Kier molecular flexibility index (Phi) is 12.0. The molecule has 0 aliphatic heterocycles. The molecule has 188 valence electrons. The number of nitrogens with one attached hydrogen (secondary N) is 4. The van der Waals surface area contributed by atoms with E-state index in [-0.39, 0.29) is 50.9 Å². The number of aromatic amines is 1. The van der Waals surface area contributed by atoms with Crippen molar-refractivity contribution in [3.8, 4) is 0 Å². The highest BCUT2D eigenvalue weighted by Crippen LogP contribution is 2.06. The van der Waals surface area contributed by atoms with Gasteiger partial charge >= 0.3 is 0 Å². The van der Waals surface area contributed by atoms with Crippen LogP contribution in [0.4, 0.5) is 0 Å². The largest absolute Gasteiger partial charge is 0.370 e. The summed E-state index contributed by atoms with van der Waals surface area (Å²) in [5.41, 5.74) is 16.6. The summed E-state index contributed by atoms with van der Waals surface area (Å²) in [6, 6.07) is -1.72. The molecule has 0 aliphatic rings. The fraction of sp³-hybridized carbons (Fsp3) is 0.524. The molecule has 13 heteroatoms. The van der Waals surface area contributed by atoms with E-state index in [0.29, 0.717) is 0 Å². The maximum absolute atomic E-state index is 13.0. The Morgan fingerprint density at radius 3 is 2.03 bits per heavy atom. The number of carbonyl (C=O) groups is 6. The van der Waals surface area contributed by atoms with Crippen molar-refractivity contribution < 1.29 is 28.8 Å². The molecule has 0 fully saturated rings. The number of amides is 5. The van der Waals surface area contributed by atoms with E-state index in [9.17, 15) is 28.8 Å². The monoisotopic (exact) mass is 479 g/mol. The van der Waals surface area contributed by atoms with Crippen molar-refractivity contribution in [2.45, 2.75) is 63.6 Å². The van der Waals surface area contributed by atoms with E-state index in [2.05, 4.69) is 20.9 Å². The topological polar surface area (TPSA) is 232 Å². The second-order valence-corrected chi connectivity index (χ2v) is 7.85. The van der Waals surface area contributed by atoms with Crippen molar-refractivity contribution in [1.82, 2.24) is 20.9 Å². The van der Waals surface area contributed by atoms with E-state index in [0.717, 1.165) is 5.56 Å². The number of primary amides is 2. The van der Waals surface area contributed by atoms with Gasteiger partial charge in [-0.25, -0.2) is 0 Å². The van der Waals surface area contributed by atoms with Crippen LogP contribution in [-0.2, 0) is 35.2 Å². The molecule has 0 saturated carbocycles. The lowest BCUT2D eigenvalue weighted by atomic mass is 10.0. The minimum absolute atomic E-state index is 0.00104. The zero-order chi connectivity index (χ0) is 25.7. The summed E-state index contributed by atoms with van der Waals surface area (Å²) in [5.74, 6) is -3.66. The molecule has 0 bridgehead atoms. The van der Waals surface area contributed by atoms with Gasteiger partial charge in [0.25, 0.3) is 0 Å². The Bertz CT molecular complexity index is 871. The van der Waals surface area contributed by atoms with Gasteiger partial charge < -0.3 is 42.9 Å². The van der Waals surface area contributed by atoms with E-state index in [1.807, 2.05) is 0 Å². The molecular weight excluding hydrogens is 446 g/mol. The van der Waals surface area contributed by atoms with E-state index in [4.69, 9.17) is 17.2 Å². The summed E-state index contributed by atoms with van der Waals surface area (Å²) in [7, 11) is 0. The van der Waals surface area contributed by atoms with Crippen LogP contribution >= 0.6 is 0 Å². The zero-order valence-electron chi connectivity index (χ0n) is 19.1. The van der Waals surface area contributed by atoms with Gasteiger partial charge in [0.05, 0.1) is 0 Å². The second kappa shape index (κ2) is 14.4. The molecule has 13 nitrogen and oxygen atoms in total. The number of H-pyrrole nitrogens is 1. The summed E-state index contributed by atoms with van der Waals surface area (Å²) in [6.45, 7) is 1.42. The van der Waals surface area contributed by atoms with Crippen LogP contribution in [0, 0.1) is 0 Å². The van der Waals surface area contributed by atoms with Crippen molar-refractivity contribution in [2.75, 3.05) is 6.54 Å². The van der Waals surface area contributed by atoms with Gasteiger partial charge in [0.2, 0.25) is 29.5 Å². The second-order valence-electron chi connectivity index (χ2n) is 7.85. The summed E-state index contributed by atoms with van der Waals surface area (Å²) >= 11 is 0. The molecule has 10 N–H and O–H groups in total. The van der Waals surface area contributed by atoms with E-state index in [1.165, 1.54) is 6.92 Å². The number of ketones is 1. The number of rotatable bonds is 16. The van der Waals surface area contributed by atoms with Crippen LogP contribution in [0.15, 0.2) is 18.5 Å². The van der Waals surface area contributed by atoms with Crippen LogP contribution < -0.4 is 33.2 Å². The molecule has 0 radical (unpaired) electrons. The molecule has 1 heterocycles. The number of hydrogen-bond acceptors (Lipinski definition) is 7. The first-order valence-corrected chi connectivity index (χ1v) is 10.8. The first-order chi connectivity index (χ1) is 16.0. The highest BCUT2D eigenvalue weighted by Gasteiger charge is 2.29. The maximum Gasteiger partial charge on any atom is 0.243 e. The van der Waals surface area contributed by atoms with Crippen LogP contribution in [0.25, 0.3) is 0 Å². The van der Waals surface area contributed by atoms with Gasteiger partial charge in [-0.15, -0.1) is 0 Å². The van der Waals surface area contributed by atoms with Crippen LogP contribution in [0.2, 0.25) is 0 Å². The number of hydrogen-bond donors (Lipinski definition) is 7. The fourth-order valence-electron chi connectivity index (χ4n) is 3.06. The molecule has 3 atom stereocenters. The van der Waals surface area contributed by atoms with Gasteiger partial charge in [-0.1, -0.05) is 0 Å². The SMILES string of the molecule is CC(=O)CCC(NC(=O)C(CCC(N)=O)NC(=O)C(Cc1cc[nH]c1)NC(=O)CCN)C(N)=O. The van der Waals surface area contributed by atoms with E-state index < -0.39 is 47.7 Å². The summed E-state index contributed by atoms with van der Waals surface area (Å²) in [4.78, 5) is 75.0. The molecule has 0 aromatic carbocycles. The normalized spacial score (nSPS) is 13.2. The number of aromatic nitrogens is 1. The third-order valence-electron chi connectivity index (χ3n) is 4.88. The Morgan fingerprint density at radius 2 is 1.50 bits per heavy atom. The van der Waals surface area contributed by atoms with Gasteiger partial charge in [-0.2, -0.15) is 0 Å². The molecule has 1 aromatic rings. The molecule has 0 spiro atoms. The summed E-state index contributed by atoms with van der Waals surface area (Å²) in [5, 5.41) is 7.49. The Hall–Kier alpha value is -3.74. The average molecular weight is 480 g/mol. The highest BCUT2D eigenvalue weighted by molar-refractivity contribution is 5.94. The van der Waals surface area contributed by atoms with Crippen molar-refractivity contribution in [1.29, 1.82) is 0 Å². The van der Waals surface area contributed by atoms with Crippen LogP contribution in [-0.4, -0.2) is 65.0 Å². The third-order valence-corrected chi connectivity index (χ3v) is 4.88. The summed E-state index contributed by atoms with van der Waals surface area (Å²) in [6.07, 6.45) is 3.04. The predicted molar refractivity (Wildman–Crippen MR) is 121 cm³/mol. The number of Topliss-reactive ketones (excluding diaryl/α,β-unsaturated/α-hetero) is 1. The number of nitrogens with two attached hydrogens (primary N) is 3. The highest BCUT2D eigenvalue weighted by atomic mass is 16.2. The van der Waals surface area contributed by atoms with E-state index >= 15 is 0 Å². The molecule has 0 saturated heterocycles. The van der Waals surface area contributed by atoms with Crippen molar-refractivity contribution in [3.63, 3.8) is 0 Å². The van der Waals surface area contributed by atoms with Crippen LogP contribution in [0.3, 0.4) is 0 Å². The fourth-order valence-corrected chi connectivity index (χ4v) is 3.06. The molecule has 1 aromatic heterocycles. The minimum Gasteiger partial charge on any atom is -0.370 e. The van der Waals surface area contributed by atoms with Crippen LogP contribution in [0.5, 0.6) is 0 Å². The van der Waals surface area contributed by atoms with E-state index in [1.54, 1.807) is 18.5 Å². The van der Waals surface area contributed by atoms with Crippen molar-refractivity contribution in [3.05, 3.63) is 24.0 Å². The Balaban J connectivity index is 3.00. The smallest absolute Gasteiger partial charge is 0.243 e. The van der Waals surface area contributed by atoms with Gasteiger partial charge in [-0.3, -0.25) is 24.0 Å². The Morgan fingerprint density at radius 1 is 0.882 bits per heavy atom. The number of carbonyl (C=O) groups excluding carboxylic acids is 6. The zero-order valence-corrected chi connectivity index (χ0v) is 19.1. The average Bonchev–Trinajstić information content (AvgIpc) is 3.26. The first kappa shape index (κ1) is 28.3. The molecule has 3 unspecified atom stereocenters. The van der Waals surface area contributed by atoms with Crippen molar-refractivity contribution in [2.24, 2.45) is 17.2 Å². The lowest BCUT2D eigenvalue weighted by Gasteiger charge is -2.24. The van der Waals surface area contributed by atoms with Gasteiger partial charge in [-0.05, 0) is 31.4 Å². The summed E-state index contributed by atoms with van der Waals surface area (Å²) < 4.78 is 0. The molecule has 1 rings (SSSR count). The van der Waals surface area contributed by atoms with Crippen molar-refractivity contribution >= 4 is 35.3 Å². The van der Waals surface area contributed by atoms with Gasteiger partial charge in [0.15, 0.2) is 0 Å². The predicted octanol–water partition coefficient (Wildman–Crippen LogP) is -2.52. The molecule has 34 heavy (non-hydrogen) atoms. The quantitative estimate of drug-likeness (QED) is 0.134. The lowest BCUT2D eigenvalue weighted by molar-refractivity contribution is -0.133. The maximum atomic E-state index is 13.0. The standard InChI is InChI=1S/C21H33N7O6/c1-12(29)2-3-14(19(24)32)27-20(33)15(4-5-17(23)30)28-21(34)16(26-18(31)6-8-22)10-13-7-9-25-11-13/h7,9,11,14-16,25H,2-6,8,10,22H2,1H3,(H2,23,30)(H2,24,32)(H,26,31)(H,27,33)(H,28,34). The Labute approximate surface area is 196 Å². The van der Waals surface area contributed by atoms with Crippen LogP contribution in [0.1, 0.15) is 44.6 Å². The lowest BCUT2D eigenvalue weighted by Crippen LogP contribution is -2.57. The molecular formula is C21H33N7O6. The molecule has 0 aliphatic carbocycles. The first-order valence-electron chi connectivity index (χ1n) is 10.8. The minimum atomic E-state index is -1.25. The molecule has 5 amide bonds.